The molecule has 1 aromatic carbocycles. The third kappa shape index (κ3) is 2.61. The van der Waals surface area contributed by atoms with Gasteiger partial charge in [-0.3, -0.25) is 4.79 Å². The molecule has 0 saturated carbocycles. The van der Waals surface area contributed by atoms with Gasteiger partial charge in [0.2, 0.25) is 5.91 Å². The van der Waals surface area contributed by atoms with Crippen LogP contribution in [0, 0.1) is 0 Å². The van der Waals surface area contributed by atoms with Gasteiger partial charge in [-0.1, -0.05) is 24.4 Å². The average Bonchev–Trinajstić information content (AvgIpc) is 2.52. The molecule has 2 rings (SSSR count). The van der Waals surface area contributed by atoms with Crippen molar-refractivity contribution in [1.29, 1.82) is 0 Å². The summed E-state index contributed by atoms with van der Waals surface area (Å²) in [6, 6.07) is 7.71. The molecule has 1 aliphatic heterocycles. The summed E-state index contributed by atoms with van der Waals surface area (Å²) in [5, 5.41) is 0. The van der Waals surface area contributed by atoms with Crippen molar-refractivity contribution < 1.29 is 4.79 Å². The number of thiocarbonyl (C=S) groups is 1. The summed E-state index contributed by atoms with van der Waals surface area (Å²) in [5.41, 5.74) is 7.52. The van der Waals surface area contributed by atoms with Crippen LogP contribution in [0.3, 0.4) is 0 Å². The Hall–Kier alpha value is -1.62. The van der Waals surface area contributed by atoms with Gasteiger partial charge in [-0.25, -0.2) is 0 Å². The summed E-state index contributed by atoms with van der Waals surface area (Å²) >= 11 is 5.06. The van der Waals surface area contributed by atoms with Gasteiger partial charge in [0.25, 0.3) is 0 Å². The third-order valence-electron chi connectivity index (χ3n) is 3.18. The summed E-state index contributed by atoms with van der Waals surface area (Å²) in [7, 11) is 1.84. The van der Waals surface area contributed by atoms with E-state index in [1.165, 1.54) is 0 Å². The van der Waals surface area contributed by atoms with Crippen LogP contribution in [0.15, 0.2) is 24.3 Å². The summed E-state index contributed by atoms with van der Waals surface area (Å²) in [6.45, 7) is 2.02. The Bertz CT molecular complexity index is 475. The fourth-order valence-corrected chi connectivity index (χ4v) is 2.32. The molecule has 2 N–H and O–H groups in total. The SMILES string of the molecule is CN1CCCN(c2ccccc2C(N)=S)CC1=O. The highest BCUT2D eigenvalue weighted by atomic mass is 32.1. The summed E-state index contributed by atoms with van der Waals surface area (Å²) in [4.78, 5) is 16.1. The van der Waals surface area contributed by atoms with Crippen molar-refractivity contribution in [1.82, 2.24) is 4.90 Å². The normalized spacial score (nSPS) is 16.6. The number of hydrogen-bond acceptors (Lipinski definition) is 3. The molecule has 0 aliphatic carbocycles. The second-order valence-corrected chi connectivity index (χ2v) is 4.91. The van der Waals surface area contributed by atoms with Crippen molar-refractivity contribution >= 4 is 28.8 Å². The molecule has 0 unspecified atom stereocenters. The number of nitrogens with two attached hydrogens (primary N) is 1. The first-order valence-electron chi connectivity index (χ1n) is 5.97. The van der Waals surface area contributed by atoms with Gasteiger partial charge in [-0.15, -0.1) is 0 Å². The van der Waals surface area contributed by atoms with E-state index in [0.717, 1.165) is 30.8 Å². The molecule has 1 fully saturated rings. The number of carbonyl (C=O) groups excluding carboxylic acids is 1. The first kappa shape index (κ1) is 12.8. The van der Waals surface area contributed by atoms with Gasteiger partial charge in [0, 0.05) is 31.4 Å². The number of hydrogen-bond donors (Lipinski definition) is 1. The second kappa shape index (κ2) is 5.35. The minimum absolute atomic E-state index is 0.130. The molecular formula is C13H17N3OS. The molecule has 4 nitrogen and oxygen atoms in total. The van der Waals surface area contributed by atoms with E-state index in [9.17, 15) is 4.79 Å². The van der Waals surface area contributed by atoms with Gasteiger partial charge in [-0.05, 0) is 18.6 Å². The summed E-state index contributed by atoms with van der Waals surface area (Å²) < 4.78 is 0. The monoisotopic (exact) mass is 263 g/mol. The molecule has 1 amide bonds. The van der Waals surface area contributed by atoms with Gasteiger partial charge in [0.05, 0.1) is 6.54 Å². The highest BCUT2D eigenvalue weighted by Crippen LogP contribution is 2.21. The van der Waals surface area contributed by atoms with Crippen LogP contribution >= 0.6 is 12.2 Å². The molecule has 1 aromatic rings. The fraction of sp³-hybridized carbons (Fsp3) is 0.385. The fourth-order valence-electron chi connectivity index (χ4n) is 2.15. The Labute approximate surface area is 112 Å². The average molecular weight is 263 g/mol. The minimum Gasteiger partial charge on any atom is -0.389 e. The molecule has 5 heteroatoms. The van der Waals surface area contributed by atoms with Gasteiger partial charge >= 0.3 is 0 Å². The maximum Gasteiger partial charge on any atom is 0.241 e. The molecule has 1 saturated heterocycles. The molecule has 0 atom stereocenters. The number of rotatable bonds is 2. The largest absolute Gasteiger partial charge is 0.389 e. The van der Waals surface area contributed by atoms with Gasteiger partial charge in [-0.2, -0.15) is 0 Å². The van der Waals surface area contributed by atoms with E-state index in [1.54, 1.807) is 4.90 Å². The number of benzene rings is 1. The van der Waals surface area contributed by atoms with Crippen molar-refractivity contribution in [2.75, 3.05) is 31.6 Å². The quantitative estimate of drug-likeness (QED) is 0.808. The second-order valence-electron chi connectivity index (χ2n) is 4.47. The maximum atomic E-state index is 11.9. The van der Waals surface area contributed by atoms with Crippen molar-refractivity contribution in [2.24, 2.45) is 5.73 Å². The Morgan fingerprint density at radius 3 is 2.78 bits per heavy atom. The van der Waals surface area contributed by atoms with Crippen molar-refractivity contribution in [2.45, 2.75) is 6.42 Å². The van der Waals surface area contributed by atoms with E-state index in [0.29, 0.717) is 11.5 Å². The summed E-state index contributed by atoms with van der Waals surface area (Å²) in [5.74, 6) is 0.130. The minimum atomic E-state index is 0.130. The Morgan fingerprint density at radius 1 is 1.33 bits per heavy atom. The Morgan fingerprint density at radius 2 is 2.06 bits per heavy atom. The number of anilines is 1. The van der Waals surface area contributed by atoms with Crippen molar-refractivity contribution in [3.05, 3.63) is 29.8 Å². The Balaban J connectivity index is 2.31. The van der Waals surface area contributed by atoms with Crippen LogP contribution in [0.5, 0.6) is 0 Å². The first-order chi connectivity index (χ1) is 8.59. The maximum absolute atomic E-state index is 11.9. The number of para-hydroxylation sites is 1. The lowest BCUT2D eigenvalue weighted by molar-refractivity contribution is -0.127. The predicted molar refractivity (Wildman–Crippen MR) is 76.8 cm³/mol. The van der Waals surface area contributed by atoms with Gasteiger partial charge in [0.15, 0.2) is 0 Å². The van der Waals surface area contributed by atoms with Crippen LogP contribution in [0.1, 0.15) is 12.0 Å². The van der Waals surface area contributed by atoms with Crippen LogP contribution in [0.4, 0.5) is 5.69 Å². The molecule has 0 radical (unpaired) electrons. The van der Waals surface area contributed by atoms with Crippen LogP contribution in [0.25, 0.3) is 0 Å². The molecule has 1 heterocycles. The zero-order chi connectivity index (χ0) is 13.1. The third-order valence-corrected chi connectivity index (χ3v) is 3.40. The molecule has 18 heavy (non-hydrogen) atoms. The van der Waals surface area contributed by atoms with Crippen molar-refractivity contribution in [3.8, 4) is 0 Å². The number of carbonyl (C=O) groups is 1. The van der Waals surface area contributed by atoms with Crippen LogP contribution < -0.4 is 10.6 Å². The molecule has 0 aromatic heterocycles. The van der Waals surface area contributed by atoms with E-state index >= 15 is 0 Å². The van der Waals surface area contributed by atoms with E-state index in [2.05, 4.69) is 4.90 Å². The van der Waals surface area contributed by atoms with Gasteiger partial charge in [0.1, 0.15) is 4.99 Å². The topological polar surface area (TPSA) is 49.6 Å². The highest BCUT2D eigenvalue weighted by molar-refractivity contribution is 7.80. The zero-order valence-electron chi connectivity index (χ0n) is 10.4. The lowest BCUT2D eigenvalue weighted by Gasteiger charge is -2.24. The van der Waals surface area contributed by atoms with Crippen LogP contribution in [0.2, 0.25) is 0 Å². The van der Waals surface area contributed by atoms with Crippen molar-refractivity contribution in [3.63, 3.8) is 0 Å². The number of likely N-dealkylation sites (N-methyl/N-ethyl adjacent to an activating group) is 1. The van der Waals surface area contributed by atoms with E-state index in [4.69, 9.17) is 18.0 Å². The number of amides is 1. The molecular weight excluding hydrogens is 246 g/mol. The molecule has 96 valence electrons. The Kier molecular flexibility index (Phi) is 3.81. The lowest BCUT2D eigenvalue weighted by Crippen LogP contribution is -2.35. The van der Waals surface area contributed by atoms with E-state index in [-0.39, 0.29) is 5.91 Å². The lowest BCUT2D eigenvalue weighted by atomic mass is 10.1. The zero-order valence-corrected chi connectivity index (χ0v) is 11.2. The van der Waals surface area contributed by atoms with E-state index in [1.807, 2.05) is 31.3 Å². The van der Waals surface area contributed by atoms with Gasteiger partial charge < -0.3 is 15.5 Å². The standard InChI is InChI=1S/C13H17N3OS/c1-15-7-4-8-16(9-12(15)17)11-6-3-2-5-10(11)13(14)18/h2-3,5-6H,4,7-9H2,1H3,(H2,14,18). The molecule has 1 aliphatic rings. The van der Waals surface area contributed by atoms with E-state index < -0.39 is 0 Å². The highest BCUT2D eigenvalue weighted by Gasteiger charge is 2.21. The van der Waals surface area contributed by atoms with Crippen LogP contribution in [-0.2, 0) is 4.79 Å². The predicted octanol–water partition coefficient (Wildman–Crippen LogP) is 0.989. The van der Waals surface area contributed by atoms with Crippen LogP contribution in [-0.4, -0.2) is 42.5 Å². The first-order valence-corrected chi connectivity index (χ1v) is 6.38. The number of nitrogens with zero attached hydrogens (tertiary/aromatic N) is 2. The molecule has 0 spiro atoms. The summed E-state index contributed by atoms with van der Waals surface area (Å²) in [6.07, 6.45) is 0.952. The molecule has 0 bridgehead atoms. The smallest absolute Gasteiger partial charge is 0.241 e.